The van der Waals surface area contributed by atoms with Crippen LogP contribution in [0, 0.1) is 5.92 Å². The van der Waals surface area contributed by atoms with Crippen LogP contribution in [0.1, 0.15) is 46.0 Å². The van der Waals surface area contributed by atoms with Crippen molar-refractivity contribution in [3.05, 3.63) is 0 Å². The van der Waals surface area contributed by atoms with Gasteiger partial charge >= 0.3 is 0 Å². The predicted octanol–water partition coefficient (Wildman–Crippen LogP) is 1.53. The monoisotopic (exact) mass is 254 g/mol. The highest BCUT2D eigenvalue weighted by Gasteiger charge is 2.36. The van der Waals surface area contributed by atoms with Crippen molar-refractivity contribution in [2.24, 2.45) is 11.7 Å². The van der Waals surface area contributed by atoms with Crippen molar-refractivity contribution in [1.82, 2.24) is 4.90 Å². The third-order valence-corrected chi connectivity index (χ3v) is 4.38. The van der Waals surface area contributed by atoms with Crippen LogP contribution in [-0.4, -0.2) is 42.1 Å². The molecule has 18 heavy (non-hydrogen) atoms. The van der Waals surface area contributed by atoms with E-state index in [1.54, 1.807) is 0 Å². The van der Waals surface area contributed by atoms with Crippen LogP contribution < -0.4 is 5.73 Å². The minimum atomic E-state index is -0.0296. The number of rotatable bonds is 2. The third kappa shape index (κ3) is 3.23. The van der Waals surface area contributed by atoms with Crippen molar-refractivity contribution in [1.29, 1.82) is 0 Å². The number of ether oxygens (including phenoxy) is 1. The largest absolute Gasteiger partial charge is 0.381 e. The van der Waals surface area contributed by atoms with E-state index in [9.17, 15) is 4.79 Å². The number of piperidine rings is 1. The van der Waals surface area contributed by atoms with E-state index in [1.807, 2.05) is 4.90 Å². The molecule has 2 N–H and O–H groups in total. The van der Waals surface area contributed by atoms with Gasteiger partial charge in [0, 0.05) is 37.8 Å². The Morgan fingerprint density at radius 2 is 2.00 bits per heavy atom. The van der Waals surface area contributed by atoms with Gasteiger partial charge in [-0.1, -0.05) is 0 Å². The van der Waals surface area contributed by atoms with Crippen molar-refractivity contribution in [3.8, 4) is 0 Å². The summed E-state index contributed by atoms with van der Waals surface area (Å²) >= 11 is 0. The Hall–Kier alpha value is -0.610. The summed E-state index contributed by atoms with van der Waals surface area (Å²) in [5, 5.41) is 0. The summed E-state index contributed by atoms with van der Waals surface area (Å²) in [7, 11) is 0. The molecule has 1 unspecified atom stereocenters. The zero-order chi connectivity index (χ0) is 13.2. The Bertz CT molecular complexity index is 298. The molecule has 1 amide bonds. The molecule has 4 nitrogen and oxygen atoms in total. The van der Waals surface area contributed by atoms with E-state index >= 15 is 0 Å². The first-order chi connectivity index (χ1) is 8.49. The second-order valence-corrected chi connectivity index (χ2v) is 6.38. The molecule has 0 radical (unpaired) electrons. The molecular weight excluding hydrogens is 228 g/mol. The number of hydrogen-bond acceptors (Lipinski definition) is 3. The van der Waals surface area contributed by atoms with Crippen LogP contribution in [-0.2, 0) is 9.53 Å². The Morgan fingerprint density at radius 3 is 2.67 bits per heavy atom. The first kappa shape index (κ1) is 13.8. The minimum absolute atomic E-state index is 0.0296. The number of carbonyl (C=O) groups is 1. The van der Waals surface area contributed by atoms with Gasteiger partial charge in [-0.2, -0.15) is 0 Å². The Morgan fingerprint density at radius 1 is 1.33 bits per heavy atom. The standard InChI is InChI=1S/C14H26N2O2/c1-14(2)6-3-12(15)10-16(14)13(17)9-11-4-7-18-8-5-11/h11-12H,3-10,15H2,1-2H3. The fourth-order valence-corrected chi connectivity index (χ4v) is 2.99. The molecule has 0 spiro atoms. The maximum atomic E-state index is 12.5. The molecule has 0 aromatic rings. The molecule has 2 aliphatic heterocycles. The third-order valence-electron chi connectivity index (χ3n) is 4.38. The van der Waals surface area contributed by atoms with Gasteiger partial charge in [-0.3, -0.25) is 4.79 Å². The first-order valence-corrected chi connectivity index (χ1v) is 7.13. The first-order valence-electron chi connectivity index (χ1n) is 7.13. The van der Waals surface area contributed by atoms with E-state index < -0.39 is 0 Å². The lowest BCUT2D eigenvalue weighted by atomic mass is 9.87. The molecule has 0 aromatic carbocycles. The normalized spacial score (nSPS) is 29.3. The second kappa shape index (κ2) is 5.57. The van der Waals surface area contributed by atoms with Gasteiger partial charge in [-0.15, -0.1) is 0 Å². The smallest absolute Gasteiger partial charge is 0.223 e. The van der Waals surface area contributed by atoms with E-state index in [0.29, 0.717) is 12.3 Å². The van der Waals surface area contributed by atoms with Crippen molar-refractivity contribution in [2.45, 2.75) is 57.5 Å². The maximum absolute atomic E-state index is 12.5. The van der Waals surface area contributed by atoms with Crippen LogP contribution in [0.15, 0.2) is 0 Å². The van der Waals surface area contributed by atoms with Gasteiger partial charge in [-0.25, -0.2) is 0 Å². The molecule has 2 saturated heterocycles. The number of hydrogen-bond donors (Lipinski definition) is 1. The van der Waals surface area contributed by atoms with Crippen molar-refractivity contribution in [3.63, 3.8) is 0 Å². The van der Waals surface area contributed by atoms with Crippen LogP contribution >= 0.6 is 0 Å². The number of amides is 1. The Labute approximate surface area is 110 Å². The van der Waals surface area contributed by atoms with Gasteiger partial charge < -0.3 is 15.4 Å². The van der Waals surface area contributed by atoms with E-state index in [2.05, 4.69) is 13.8 Å². The SMILES string of the molecule is CC1(C)CCC(N)CN1C(=O)CC1CCOCC1. The second-order valence-electron chi connectivity index (χ2n) is 6.38. The minimum Gasteiger partial charge on any atom is -0.381 e. The van der Waals surface area contributed by atoms with Gasteiger partial charge in [0.25, 0.3) is 0 Å². The topological polar surface area (TPSA) is 55.6 Å². The molecule has 2 heterocycles. The zero-order valence-corrected chi connectivity index (χ0v) is 11.7. The van der Waals surface area contributed by atoms with Crippen molar-refractivity contribution < 1.29 is 9.53 Å². The summed E-state index contributed by atoms with van der Waals surface area (Å²) in [5.41, 5.74) is 5.97. The fraction of sp³-hybridized carbons (Fsp3) is 0.929. The summed E-state index contributed by atoms with van der Waals surface area (Å²) in [6, 6.07) is 0.150. The average molecular weight is 254 g/mol. The predicted molar refractivity (Wildman–Crippen MR) is 71.2 cm³/mol. The summed E-state index contributed by atoms with van der Waals surface area (Å²) in [6.45, 7) is 6.64. The van der Waals surface area contributed by atoms with Crippen LogP contribution in [0.25, 0.3) is 0 Å². The van der Waals surface area contributed by atoms with Gasteiger partial charge in [0.1, 0.15) is 0 Å². The molecule has 2 fully saturated rings. The molecule has 2 rings (SSSR count). The van der Waals surface area contributed by atoms with Crippen LogP contribution in [0.5, 0.6) is 0 Å². The Balaban J connectivity index is 1.93. The number of nitrogens with zero attached hydrogens (tertiary/aromatic N) is 1. The zero-order valence-electron chi connectivity index (χ0n) is 11.7. The van der Waals surface area contributed by atoms with Crippen molar-refractivity contribution in [2.75, 3.05) is 19.8 Å². The average Bonchev–Trinajstić information content (AvgIpc) is 2.33. The fourth-order valence-electron chi connectivity index (χ4n) is 2.99. The maximum Gasteiger partial charge on any atom is 0.223 e. The van der Waals surface area contributed by atoms with Crippen LogP contribution in [0.3, 0.4) is 0 Å². The summed E-state index contributed by atoms with van der Waals surface area (Å²) in [4.78, 5) is 14.5. The number of likely N-dealkylation sites (tertiary alicyclic amines) is 1. The molecule has 0 saturated carbocycles. The van der Waals surface area contributed by atoms with Crippen LogP contribution in [0.2, 0.25) is 0 Å². The molecule has 2 aliphatic rings. The summed E-state index contributed by atoms with van der Waals surface area (Å²) in [5.74, 6) is 0.780. The van der Waals surface area contributed by atoms with Gasteiger partial charge in [0.2, 0.25) is 5.91 Å². The van der Waals surface area contributed by atoms with E-state index in [1.165, 1.54) is 0 Å². The number of nitrogens with two attached hydrogens (primary N) is 1. The molecule has 0 bridgehead atoms. The Kier molecular flexibility index (Phi) is 4.28. The summed E-state index contributed by atoms with van der Waals surface area (Å²) < 4.78 is 5.34. The molecular formula is C14H26N2O2. The van der Waals surface area contributed by atoms with E-state index in [4.69, 9.17) is 10.5 Å². The van der Waals surface area contributed by atoms with Gasteiger partial charge in [0.05, 0.1) is 0 Å². The van der Waals surface area contributed by atoms with Crippen LogP contribution in [0.4, 0.5) is 0 Å². The van der Waals surface area contributed by atoms with E-state index in [-0.39, 0.29) is 17.5 Å². The highest BCUT2D eigenvalue weighted by atomic mass is 16.5. The van der Waals surface area contributed by atoms with E-state index in [0.717, 1.165) is 45.4 Å². The lowest BCUT2D eigenvalue weighted by Crippen LogP contribution is -2.57. The summed E-state index contributed by atoms with van der Waals surface area (Å²) in [6.07, 6.45) is 4.74. The van der Waals surface area contributed by atoms with Gasteiger partial charge in [0.15, 0.2) is 0 Å². The molecule has 104 valence electrons. The highest BCUT2D eigenvalue weighted by molar-refractivity contribution is 5.77. The quantitative estimate of drug-likeness (QED) is 0.813. The number of carbonyl (C=O) groups excluding carboxylic acids is 1. The lowest BCUT2D eigenvalue weighted by molar-refractivity contribution is -0.140. The molecule has 1 atom stereocenters. The molecule has 4 heteroatoms. The van der Waals surface area contributed by atoms with Crippen molar-refractivity contribution >= 4 is 5.91 Å². The lowest BCUT2D eigenvalue weighted by Gasteiger charge is -2.45. The molecule has 0 aromatic heterocycles. The highest BCUT2D eigenvalue weighted by Crippen LogP contribution is 2.29. The van der Waals surface area contributed by atoms with Gasteiger partial charge in [-0.05, 0) is 45.4 Å². The molecule has 0 aliphatic carbocycles.